The quantitative estimate of drug-likeness (QED) is 0.383. The Labute approximate surface area is 206 Å². The Morgan fingerprint density at radius 2 is 1.75 bits per heavy atom. The molecule has 0 radical (unpaired) electrons. The third-order valence-corrected chi connectivity index (χ3v) is 5.46. The van der Waals surface area contributed by atoms with Gasteiger partial charge in [-0.2, -0.15) is 0 Å². The number of methoxy groups -OCH3 is 1. The number of carboxylic acids is 1. The predicted molar refractivity (Wildman–Crippen MR) is 131 cm³/mol. The third kappa shape index (κ3) is 5.10. The van der Waals surface area contributed by atoms with Gasteiger partial charge >= 0.3 is 12.0 Å². The maximum atomic E-state index is 13.1. The van der Waals surface area contributed by atoms with Crippen molar-refractivity contribution in [1.29, 1.82) is 0 Å². The summed E-state index contributed by atoms with van der Waals surface area (Å²) in [5.41, 5.74) is 2.44. The van der Waals surface area contributed by atoms with Crippen LogP contribution in [-0.4, -0.2) is 36.0 Å². The standard InChI is InChI=1S/C27H22N2O7/c1-16-4-3-5-20(12-16)29-25(31)21(24(30)28-27(29)34)13-18-8-11-22(23(14-18)35-2)36-15-17-6-9-19(10-7-17)26(32)33/h3-14H,15H2,1-2H3,(H,32,33)(H,28,30,34). The van der Waals surface area contributed by atoms with Crippen LogP contribution in [0.15, 0.2) is 72.3 Å². The molecule has 0 unspecified atom stereocenters. The summed E-state index contributed by atoms with van der Waals surface area (Å²) in [4.78, 5) is 49.9. The molecule has 182 valence electrons. The first kappa shape index (κ1) is 24.2. The van der Waals surface area contributed by atoms with Gasteiger partial charge < -0.3 is 14.6 Å². The van der Waals surface area contributed by atoms with Gasteiger partial charge in [-0.3, -0.25) is 14.9 Å². The highest BCUT2D eigenvalue weighted by atomic mass is 16.5. The predicted octanol–water partition coefficient (Wildman–Crippen LogP) is 3.95. The normalized spacial score (nSPS) is 14.6. The van der Waals surface area contributed by atoms with Gasteiger partial charge in [-0.15, -0.1) is 0 Å². The van der Waals surface area contributed by atoms with Gasteiger partial charge in [0, 0.05) is 0 Å². The number of anilines is 1. The maximum absolute atomic E-state index is 13.1. The van der Waals surface area contributed by atoms with Crippen LogP contribution in [0.4, 0.5) is 10.5 Å². The lowest BCUT2D eigenvalue weighted by Gasteiger charge is -2.26. The van der Waals surface area contributed by atoms with E-state index >= 15 is 0 Å². The number of benzene rings is 3. The molecule has 0 aromatic heterocycles. The van der Waals surface area contributed by atoms with E-state index in [1.807, 2.05) is 13.0 Å². The minimum absolute atomic E-state index is 0.172. The van der Waals surface area contributed by atoms with Crippen LogP contribution in [0.25, 0.3) is 6.08 Å². The van der Waals surface area contributed by atoms with Gasteiger partial charge in [-0.25, -0.2) is 14.5 Å². The van der Waals surface area contributed by atoms with Gasteiger partial charge in [-0.1, -0.05) is 30.3 Å². The number of barbiturate groups is 1. The monoisotopic (exact) mass is 486 g/mol. The fraction of sp³-hybridized carbons (Fsp3) is 0.111. The lowest BCUT2D eigenvalue weighted by Crippen LogP contribution is -2.54. The lowest BCUT2D eigenvalue weighted by atomic mass is 10.1. The Morgan fingerprint density at radius 1 is 1.00 bits per heavy atom. The SMILES string of the molecule is COc1cc(C=C2C(=O)NC(=O)N(c3cccc(C)c3)C2=O)ccc1OCc1ccc(C(=O)O)cc1. The molecule has 9 heteroatoms. The van der Waals surface area contributed by atoms with E-state index in [4.69, 9.17) is 14.6 Å². The zero-order chi connectivity index (χ0) is 25.8. The number of carbonyl (C=O) groups is 4. The second-order valence-electron chi connectivity index (χ2n) is 8.00. The molecule has 4 rings (SSSR count). The third-order valence-electron chi connectivity index (χ3n) is 5.46. The second-order valence-corrected chi connectivity index (χ2v) is 8.00. The Bertz CT molecular complexity index is 1390. The molecule has 9 nitrogen and oxygen atoms in total. The van der Waals surface area contributed by atoms with E-state index in [0.717, 1.165) is 16.0 Å². The highest BCUT2D eigenvalue weighted by Gasteiger charge is 2.36. The highest BCUT2D eigenvalue weighted by Crippen LogP contribution is 2.30. The summed E-state index contributed by atoms with van der Waals surface area (Å²) in [7, 11) is 1.46. The number of urea groups is 1. The van der Waals surface area contributed by atoms with Crippen LogP contribution in [-0.2, 0) is 16.2 Å². The van der Waals surface area contributed by atoms with E-state index in [1.165, 1.54) is 25.3 Å². The van der Waals surface area contributed by atoms with Gasteiger partial charge in [0.25, 0.3) is 11.8 Å². The molecule has 0 atom stereocenters. The zero-order valence-corrected chi connectivity index (χ0v) is 19.5. The van der Waals surface area contributed by atoms with Gasteiger partial charge in [0.2, 0.25) is 0 Å². The number of imide groups is 2. The molecule has 1 saturated heterocycles. The fourth-order valence-corrected chi connectivity index (χ4v) is 3.62. The van der Waals surface area contributed by atoms with E-state index in [-0.39, 0.29) is 17.7 Å². The van der Waals surface area contributed by atoms with Crippen LogP contribution in [0.1, 0.15) is 27.0 Å². The number of amides is 4. The van der Waals surface area contributed by atoms with Crippen LogP contribution >= 0.6 is 0 Å². The van der Waals surface area contributed by atoms with Crippen molar-refractivity contribution >= 4 is 35.6 Å². The van der Waals surface area contributed by atoms with Crippen LogP contribution in [0.3, 0.4) is 0 Å². The number of ether oxygens (including phenoxy) is 2. The summed E-state index contributed by atoms with van der Waals surface area (Å²) >= 11 is 0. The molecule has 36 heavy (non-hydrogen) atoms. The second kappa shape index (κ2) is 10.1. The molecular weight excluding hydrogens is 464 g/mol. The number of nitrogens with one attached hydrogen (secondary N) is 1. The van der Waals surface area contributed by atoms with Crippen molar-refractivity contribution in [2.75, 3.05) is 12.0 Å². The molecule has 1 aliphatic heterocycles. The molecule has 3 aromatic rings. The Balaban J connectivity index is 1.56. The average molecular weight is 486 g/mol. The van der Waals surface area contributed by atoms with Crippen molar-refractivity contribution in [3.8, 4) is 11.5 Å². The molecule has 1 aliphatic rings. The summed E-state index contributed by atoms with van der Waals surface area (Å²) < 4.78 is 11.2. The summed E-state index contributed by atoms with van der Waals surface area (Å²) in [6.45, 7) is 2.00. The first-order chi connectivity index (χ1) is 17.3. The van der Waals surface area contributed by atoms with Gasteiger partial charge in [-0.05, 0) is 66.1 Å². The first-order valence-electron chi connectivity index (χ1n) is 10.9. The Kier molecular flexibility index (Phi) is 6.82. The number of nitrogens with zero attached hydrogens (tertiary/aromatic N) is 1. The highest BCUT2D eigenvalue weighted by molar-refractivity contribution is 6.39. The number of aromatic carboxylic acids is 1. The van der Waals surface area contributed by atoms with E-state index in [0.29, 0.717) is 22.7 Å². The molecule has 4 amide bonds. The largest absolute Gasteiger partial charge is 0.493 e. The molecule has 0 aliphatic carbocycles. The van der Waals surface area contributed by atoms with Crippen molar-refractivity contribution in [3.63, 3.8) is 0 Å². The lowest BCUT2D eigenvalue weighted by molar-refractivity contribution is -0.122. The van der Waals surface area contributed by atoms with Crippen molar-refractivity contribution in [1.82, 2.24) is 5.32 Å². The van der Waals surface area contributed by atoms with E-state index < -0.39 is 23.8 Å². The number of aryl methyl sites for hydroxylation is 1. The summed E-state index contributed by atoms with van der Waals surface area (Å²) in [5.74, 6) is -1.76. The molecule has 1 heterocycles. The van der Waals surface area contributed by atoms with Gasteiger partial charge in [0.1, 0.15) is 12.2 Å². The van der Waals surface area contributed by atoms with Crippen LogP contribution in [0.5, 0.6) is 11.5 Å². The molecule has 2 N–H and O–H groups in total. The van der Waals surface area contributed by atoms with Crippen LogP contribution < -0.4 is 19.7 Å². The first-order valence-corrected chi connectivity index (χ1v) is 10.9. The molecule has 0 spiro atoms. The van der Waals surface area contributed by atoms with E-state index in [2.05, 4.69) is 5.32 Å². The van der Waals surface area contributed by atoms with Crippen molar-refractivity contribution in [3.05, 3.63) is 94.6 Å². The van der Waals surface area contributed by atoms with Crippen LogP contribution in [0.2, 0.25) is 0 Å². The molecular formula is C27H22N2O7. The zero-order valence-electron chi connectivity index (χ0n) is 19.5. The minimum atomic E-state index is -1.01. The Hall–Kier alpha value is -4.92. The average Bonchev–Trinajstić information content (AvgIpc) is 2.85. The summed E-state index contributed by atoms with van der Waals surface area (Å²) in [5, 5.41) is 11.2. The number of rotatable bonds is 7. The number of hydrogen-bond acceptors (Lipinski definition) is 6. The molecule has 0 bridgehead atoms. The van der Waals surface area contributed by atoms with E-state index in [1.54, 1.807) is 48.5 Å². The Morgan fingerprint density at radius 3 is 2.42 bits per heavy atom. The van der Waals surface area contributed by atoms with Crippen LogP contribution in [0, 0.1) is 6.92 Å². The number of hydrogen-bond donors (Lipinski definition) is 2. The molecule has 3 aromatic carbocycles. The topological polar surface area (TPSA) is 122 Å². The fourth-order valence-electron chi connectivity index (χ4n) is 3.62. The van der Waals surface area contributed by atoms with Crippen molar-refractivity contribution < 1.29 is 33.8 Å². The van der Waals surface area contributed by atoms with Crippen molar-refractivity contribution in [2.45, 2.75) is 13.5 Å². The summed E-state index contributed by atoms with van der Waals surface area (Å²) in [6.07, 6.45) is 1.38. The molecule has 0 saturated carbocycles. The van der Waals surface area contributed by atoms with Crippen molar-refractivity contribution in [2.24, 2.45) is 0 Å². The summed E-state index contributed by atoms with van der Waals surface area (Å²) in [6, 6.07) is 17.2. The minimum Gasteiger partial charge on any atom is -0.493 e. The maximum Gasteiger partial charge on any atom is 0.335 e. The van der Waals surface area contributed by atoms with Gasteiger partial charge in [0.05, 0.1) is 18.4 Å². The number of carboxylic acid groups (broad SMARTS) is 1. The smallest absolute Gasteiger partial charge is 0.335 e. The molecule has 1 fully saturated rings. The number of carbonyl (C=O) groups excluding carboxylic acids is 3. The van der Waals surface area contributed by atoms with Gasteiger partial charge in [0.15, 0.2) is 11.5 Å². The van der Waals surface area contributed by atoms with E-state index in [9.17, 15) is 19.2 Å².